The lowest BCUT2D eigenvalue weighted by Gasteiger charge is -2.12. The maximum absolute atomic E-state index is 12.6. The molecule has 1 heterocycles. The van der Waals surface area contributed by atoms with Crippen LogP contribution in [0, 0.1) is 0 Å². The van der Waals surface area contributed by atoms with Gasteiger partial charge < -0.3 is 14.5 Å². The van der Waals surface area contributed by atoms with Gasteiger partial charge >= 0.3 is 0 Å². The highest BCUT2D eigenvalue weighted by Gasteiger charge is 2.19. The van der Waals surface area contributed by atoms with E-state index in [0.29, 0.717) is 23.7 Å². The minimum atomic E-state index is -3.62. The lowest BCUT2D eigenvalue weighted by atomic mass is 10.1. The molecule has 0 saturated heterocycles. The third kappa shape index (κ3) is 4.02. The zero-order valence-corrected chi connectivity index (χ0v) is 16.7. The molecule has 3 rings (SSSR count). The average Bonchev–Trinajstić information content (AvgIpc) is 3.14. The molecule has 3 aromatic rings. The Labute approximate surface area is 163 Å². The molecule has 0 aliphatic carbocycles. The smallest absolute Gasteiger partial charge is 0.251 e. The highest BCUT2D eigenvalue weighted by atomic mass is 32.2. The average molecular weight is 402 g/mol. The molecular weight excluding hydrogens is 380 g/mol. The number of carbonyl (C=O) groups is 1. The van der Waals surface area contributed by atoms with E-state index in [2.05, 4.69) is 10.0 Å². The summed E-state index contributed by atoms with van der Waals surface area (Å²) in [6, 6.07) is 12.9. The summed E-state index contributed by atoms with van der Waals surface area (Å²) in [5.74, 6) is 0.829. The van der Waals surface area contributed by atoms with Gasteiger partial charge in [0.15, 0.2) is 11.3 Å². The van der Waals surface area contributed by atoms with Gasteiger partial charge in [-0.25, -0.2) is 13.1 Å². The van der Waals surface area contributed by atoms with Crippen molar-refractivity contribution in [2.24, 2.45) is 0 Å². The van der Waals surface area contributed by atoms with Crippen LogP contribution in [0.25, 0.3) is 11.0 Å². The van der Waals surface area contributed by atoms with Crippen molar-refractivity contribution in [1.29, 1.82) is 0 Å². The Balaban J connectivity index is 1.82. The van der Waals surface area contributed by atoms with Gasteiger partial charge in [0.05, 0.1) is 17.5 Å². The molecule has 1 aromatic heterocycles. The van der Waals surface area contributed by atoms with Crippen LogP contribution >= 0.6 is 0 Å². The van der Waals surface area contributed by atoms with Crippen LogP contribution in [0.2, 0.25) is 0 Å². The molecule has 2 aromatic carbocycles. The number of fused-ring (bicyclic) bond motifs is 1. The predicted octanol–water partition coefficient (Wildman–Crippen LogP) is 3.23. The van der Waals surface area contributed by atoms with Gasteiger partial charge in [-0.3, -0.25) is 4.79 Å². The van der Waals surface area contributed by atoms with Crippen molar-refractivity contribution in [2.45, 2.75) is 24.8 Å². The number of nitrogens with one attached hydrogen (secondary N) is 2. The third-order valence-corrected chi connectivity index (χ3v) is 5.69. The molecule has 0 saturated carbocycles. The van der Waals surface area contributed by atoms with Crippen molar-refractivity contribution in [3.8, 4) is 5.75 Å². The molecule has 28 heavy (non-hydrogen) atoms. The second-order valence-corrected chi connectivity index (χ2v) is 8.07. The van der Waals surface area contributed by atoms with Gasteiger partial charge in [0, 0.05) is 10.9 Å². The number of rotatable bonds is 7. The predicted molar refractivity (Wildman–Crippen MR) is 106 cm³/mol. The summed E-state index contributed by atoms with van der Waals surface area (Å²) in [5.41, 5.74) is 0.872. The van der Waals surface area contributed by atoms with Gasteiger partial charge in [0.25, 0.3) is 5.91 Å². The third-order valence-electron chi connectivity index (χ3n) is 4.28. The summed E-state index contributed by atoms with van der Waals surface area (Å²) >= 11 is 0. The molecule has 0 fully saturated rings. The molecule has 0 radical (unpaired) electrons. The van der Waals surface area contributed by atoms with Crippen molar-refractivity contribution >= 4 is 26.9 Å². The molecule has 1 amide bonds. The summed E-state index contributed by atoms with van der Waals surface area (Å²) in [6.07, 6.45) is 0. The first kappa shape index (κ1) is 19.9. The maximum Gasteiger partial charge on any atom is 0.251 e. The molecule has 7 nitrogen and oxygen atoms in total. The van der Waals surface area contributed by atoms with Crippen LogP contribution in [-0.4, -0.2) is 28.0 Å². The fourth-order valence-electron chi connectivity index (χ4n) is 2.81. The van der Waals surface area contributed by atoms with E-state index in [1.165, 1.54) is 25.2 Å². The molecule has 8 heteroatoms. The topological polar surface area (TPSA) is 97.6 Å². The van der Waals surface area contributed by atoms with Gasteiger partial charge in [0.1, 0.15) is 5.76 Å². The number of para-hydroxylation sites is 1. The number of benzene rings is 2. The van der Waals surface area contributed by atoms with E-state index in [1.807, 2.05) is 31.2 Å². The van der Waals surface area contributed by atoms with Crippen LogP contribution in [0.15, 0.2) is 57.8 Å². The van der Waals surface area contributed by atoms with Crippen LogP contribution in [0.3, 0.4) is 0 Å². The van der Waals surface area contributed by atoms with Crippen molar-refractivity contribution in [3.05, 3.63) is 59.9 Å². The van der Waals surface area contributed by atoms with Gasteiger partial charge in [-0.2, -0.15) is 0 Å². The SMILES string of the molecule is CCOc1cccc2cc([C@@H](C)NC(=O)c3cccc(S(=O)(=O)NC)c3)oc12. The lowest BCUT2D eigenvalue weighted by molar-refractivity contribution is 0.0935. The summed E-state index contributed by atoms with van der Waals surface area (Å²) in [7, 11) is -2.30. The minimum Gasteiger partial charge on any atom is -0.490 e. The Kier molecular flexibility index (Phi) is 5.71. The minimum absolute atomic E-state index is 0.0281. The zero-order chi connectivity index (χ0) is 20.3. The molecule has 0 aliphatic heterocycles. The zero-order valence-electron chi connectivity index (χ0n) is 15.9. The molecule has 148 valence electrons. The normalized spacial score (nSPS) is 12.7. The van der Waals surface area contributed by atoms with E-state index in [4.69, 9.17) is 9.15 Å². The summed E-state index contributed by atoms with van der Waals surface area (Å²) in [4.78, 5) is 12.6. The van der Waals surface area contributed by atoms with Crippen molar-refractivity contribution < 1.29 is 22.4 Å². The van der Waals surface area contributed by atoms with Gasteiger partial charge in [-0.15, -0.1) is 0 Å². The second kappa shape index (κ2) is 8.04. The molecule has 2 N–H and O–H groups in total. The molecule has 0 spiro atoms. The van der Waals surface area contributed by atoms with Gasteiger partial charge in [-0.1, -0.05) is 18.2 Å². The fraction of sp³-hybridized carbons (Fsp3) is 0.250. The lowest BCUT2D eigenvalue weighted by Crippen LogP contribution is -2.27. The first-order chi connectivity index (χ1) is 13.4. The molecule has 0 unspecified atom stereocenters. The van der Waals surface area contributed by atoms with Crippen LogP contribution in [0.5, 0.6) is 5.75 Å². The fourth-order valence-corrected chi connectivity index (χ4v) is 3.59. The number of ether oxygens (including phenoxy) is 1. The quantitative estimate of drug-likeness (QED) is 0.632. The number of furan rings is 1. The Hall–Kier alpha value is -2.84. The standard InChI is InChI=1S/C20H22N2O5S/c1-4-26-17-10-6-7-14-12-18(27-19(14)17)13(2)22-20(23)15-8-5-9-16(11-15)28(24,25)21-3/h5-13,21H,4H2,1-3H3,(H,22,23)/t13-/m1/s1. The Morgan fingerprint density at radius 2 is 1.93 bits per heavy atom. The van der Waals surface area contributed by atoms with Crippen LogP contribution in [0.4, 0.5) is 0 Å². The molecule has 0 aliphatic rings. The summed E-state index contributed by atoms with van der Waals surface area (Å²) in [6.45, 7) is 4.21. The van der Waals surface area contributed by atoms with E-state index >= 15 is 0 Å². The van der Waals surface area contributed by atoms with E-state index in [-0.39, 0.29) is 10.5 Å². The summed E-state index contributed by atoms with van der Waals surface area (Å²) < 4.78 is 37.6. The molecule has 1 atom stereocenters. The Morgan fingerprint density at radius 1 is 1.18 bits per heavy atom. The van der Waals surface area contributed by atoms with Crippen molar-refractivity contribution in [1.82, 2.24) is 10.0 Å². The maximum atomic E-state index is 12.6. The first-order valence-electron chi connectivity index (χ1n) is 8.85. The monoisotopic (exact) mass is 402 g/mol. The summed E-state index contributed by atoms with van der Waals surface area (Å²) in [5, 5.41) is 3.71. The van der Waals surface area contributed by atoms with Gasteiger partial charge in [-0.05, 0) is 51.2 Å². The van der Waals surface area contributed by atoms with E-state index in [1.54, 1.807) is 13.0 Å². The second-order valence-electron chi connectivity index (χ2n) is 6.19. The van der Waals surface area contributed by atoms with Gasteiger partial charge in [0.2, 0.25) is 10.0 Å². The molecular formula is C20H22N2O5S. The Morgan fingerprint density at radius 3 is 2.64 bits per heavy atom. The number of sulfonamides is 1. The van der Waals surface area contributed by atoms with E-state index < -0.39 is 22.0 Å². The number of carbonyl (C=O) groups excluding carboxylic acids is 1. The largest absolute Gasteiger partial charge is 0.490 e. The van der Waals surface area contributed by atoms with Crippen molar-refractivity contribution in [3.63, 3.8) is 0 Å². The number of hydrogen-bond acceptors (Lipinski definition) is 5. The van der Waals surface area contributed by atoms with E-state index in [0.717, 1.165) is 5.39 Å². The van der Waals surface area contributed by atoms with Crippen LogP contribution in [0.1, 0.15) is 36.0 Å². The number of amides is 1. The van der Waals surface area contributed by atoms with Crippen molar-refractivity contribution in [2.75, 3.05) is 13.7 Å². The Bertz CT molecular complexity index is 1100. The number of hydrogen-bond donors (Lipinski definition) is 2. The molecule has 0 bridgehead atoms. The first-order valence-corrected chi connectivity index (χ1v) is 10.3. The highest BCUT2D eigenvalue weighted by molar-refractivity contribution is 7.89. The van der Waals surface area contributed by atoms with Crippen LogP contribution < -0.4 is 14.8 Å². The van der Waals surface area contributed by atoms with E-state index in [9.17, 15) is 13.2 Å². The highest BCUT2D eigenvalue weighted by Crippen LogP contribution is 2.31. The van der Waals surface area contributed by atoms with Crippen LogP contribution in [-0.2, 0) is 10.0 Å².